The van der Waals surface area contributed by atoms with Crippen LogP contribution in [0.4, 0.5) is 0 Å². The summed E-state index contributed by atoms with van der Waals surface area (Å²) in [7, 11) is 1.76. The van der Waals surface area contributed by atoms with Crippen LogP contribution in [0, 0.1) is 6.92 Å². The van der Waals surface area contributed by atoms with Crippen LogP contribution < -0.4 is 10.1 Å². The fraction of sp³-hybridized carbons (Fsp3) is 0.625. The van der Waals surface area contributed by atoms with E-state index in [1.807, 2.05) is 0 Å². The standard InChI is InChI=1S/C16H26N2O.ClH/c1-4-9-18(15-7-8-17-11-15)12-14-10-13(2)5-6-16(14)19-3;/h5-6,10,15,17H,4,7-9,11-12H2,1-3H3;1H. The molecule has 0 spiro atoms. The van der Waals surface area contributed by atoms with E-state index in [0.29, 0.717) is 6.04 Å². The third-order valence-electron chi connectivity index (χ3n) is 3.87. The van der Waals surface area contributed by atoms with Gasteiger partial charge >= 0.3 is 0 Å². The summed E-state index contributed by atoms with van der Waals surface area (Å²) in [5.41, 5.74) is 2.61. The number of hydrogen-bond donors (Lipinski definition) is 1. The molecule has 0 aliphatic carbocycles. The van der Waals surface area contributed by atoms with Gasteiger partial charge in [-0.25, -0.2) is 0 Å². The number of halogens is 1. The molecule has 1 aliphatic heterocycles. The lowest BCUT2D eigenvalue weighted by Gasteiger charge is -2.28. The van der Waals surface area contributed by atoms with Crippen LogP contribution in [-0.4, -0.2) is 37.7 Å². The zero-order valence-corrected chi connectivity index (χ0v) is 13.6. The van der Waals surface area contributed by atoms with E-state index >= 15 is 0 Å². The van der Waals surface area contributed by atoms with Crippen molar-refractivity contribution in [2.24, 2.45) is 0 Å². The first-order valence-corrected chi connectivity index (χ1v) is 7.33. The molecule has 0 saturated carbocycles. The Labute approximate surface area is 129 Å². The summed E-state index contributed by atoms with van der Waals surface area (Å²) in [6.45, 7) is 8.81. The van der Waals surface area contributed by atoms with E-state index in [-0.39, 0.29) is 12.4 Å². The van der Waals surface area contributed by atoms with Gasteiger partial charge in [0.2, 0.25) is 0 Å². The summed E-state index contributed by atoms with van der Waals surface area (Å²) in [6.07, 6.45) is 2.46. The molecular formula is C16H27ClN2O. The average Bonchev–Trinajstić information content (AvgIpc) is 2.92. The minimum absolute atomic E-state index is 0. The van der Waals surface area contributed by atoms with Gasteiger partial charge in [0.1, 0.15) is 5.75 Å². The van der Waals surface area contributed by atoms with Gasteiger partial charge in [0.25, 0.3) is 0 Å². The molecule has 1 saturated heterocycles. The largest absolute Gasteiger partial charge is 0.496 e. The number of nitrogens with zero attached hydrogens (tertiary/aromatic N) is 1. The number of aryl methyl sites for hydroxylation is 1. The maximum atomic E-state index is 5.50. The second-order valence-electron chi connectivity index (χ2n) is 5.43. The minimum atomic E-state index is 0. The van der Waals surface area contributed by atoms with Crippen molar-refractivity contribution < 1.29 is 4.74 Å². The highest BCUT2D eigenvalue weighted by Gasteiger charge is 2.22. The Kier molecular flexibility index (Phi) is 7.35. The number of benzene rings is 1. The van der Waals surface area contributed by atoms with Gasteiger partial charge in [-0.1, -0.05) is 24.6 Å². The molecule has 0 bridgehead atoms. The first kappa shape index (κ1) is 17.3. The molecule has 1 heterocycles. The van der Waals surface area contributed by atoms with E-state index in [4.69, 9.17) is 4.74 Å². The highest BCUT2D eigenvalue weighted by atomic mass is 35.5. The predicted molar refractivity (Wildman–Crippen MR) is 87.0 cm³/mol. The molecular weight excluding hydrogens is 272 g/mol. The molecule has 1 aliphatic rings. The second-order valence-corrected chi connectivity index (χ2v) is 5.43. The van der Waals surface area contributed by atoms with Gasteiger partial charge in [-0.05, 0) is 38.9 Å². The molecule has 3 nitrogen and oxygen atoms in total. The maximum Gasteiger partial charge on any atom is 0.123 e. The van der Waals surface area contributed by atoms with E-state index in [0.717, 1.165) is 31.9 Å². The lowest BCUT2D eigenvalue weighted by Crippen LogP contribution is -2.37. The SMILES string of the molecule is CCCN(Cc1cc(C)ccc1OC)C1CCNC1.Cl. The van der Waals surface area contributed by atoms with E-state index in [2.05, 4.69) is 42.3 Å². The third-order valence-corrected chi connectivity index (χ3v) is 3.87. The minimum Gasteiger partial charge on any atom is -0.496 e. The Morgan fingerprint density at radius 1 is 1.40 bits per heavy atom. The summed E-state index contributed by atoms with van der Waals surface area (Å²) in [5.74, 6) is 1.01. The maximum absolute atomic E-state index is 5.50. The van der Waals surface area contributed by atoms with Crippen molar-refractivity contribution in [2.45, 2.75) is 39.3 Å². The van der Waals surface area contributed by atoms with Crippen LogP contribution in [0.2, 0.25) is 0 Å². The zero-order valence-electron chi connectivity index (χ0n) is 12.8. The molecule has 0 radical (unpaired) electrons. The van der Waals surface area contributed by atoms with E-state index in [1.165, 1.54) is 24.0 Å². The lowest BCUT2D eigenvalue weighted by molar-refractivity contribution is 0.197. The Hall–Kier alpha value is -0.770. The number of rotatable bonds is 6. The van der Waals surface area contributed by atoms with Crippen molar-refractivity contribution >= 4 is 12.4 Å². The molecule has 0 amide bonds. The molecule has 2 rings (SSSR count). The average molecular weight is 299 g/mol. The van der Waals surface area contributed by atoms with Gasteiger partial charge in [0, 0.05) is 24.7 Å². The first-order chi connectivity index (χ1) is 9.24. The summed E-state index contributed by atoms with van der Waals surface area (Å²) < 4.78 is 5.50. The quantitative estimate of drug-likeness (QED) is 0.874. The van der Waals surface area contributed by atoms with Crippen molar-refractivity contribution in [3.63, 3.8) is 0 Å². The Bertz CT molecular complexity index is 405. The van der Waals surface area contributed by atoms with E-state index in [1.54, 1.807) is 7.11 Å². The van der Waals surface area contributed by atoms with Crippen LogP contribution >= 0.6 is 12.4 Å². The van der Waals surface area contributed by atoms with Crippen LogP contribution in [0.3, 0.4) is 0 Å². The summed E-state index contributed by atoms with van der Waals surface area (Å²) >= 11 is 0. The number of ether oxygens (including phenoxy) is 1. The highest BCUT2D eigenvalue weighted by Crippen LogP contribution is 2.23. The molecule has 1 aromatic rings. The zero-order chi connectivity index (χ0) is 13.7. The van der Waals surface area contributed by atoms with E-state index < -0.39 is 0 Å². The summed E-state index contributed by atoms with van der Waals surface area (Å²) in [5, 5.41) is 3.46. The molecule has 1 aromatic carbocycles. The smallest absolute Gasteiger partial charge is 0.123 e. The van der Waals surface area contributed by atoms with Crippen molar-refractivity contribution in [1.82, 2.24) is 10.2 Å². The van der Waals surface area contributed by atoms with Gasteiger partial charge in [-0.15, -0.1) is 12.4 Å². The van der Waals surface area contributed by atoms with Crippen molar-refractivity contribution in [3.05, 3.63) is 29.3 Å². The summed E-state index contributed by atoms with van der Waals surface area (Å²) in [6, 6.07) is 7.13. The Morgan fingerprint density at radius 2 is 2.20 bits per heavy atom. The topological polar surface area (TPSA) is 24.5 Å². The number of methoxy groups -OCH3 is 1. The normalized spacial score (nSPS) is 18.1. The van der Waals surface area contributed by atoms with Gasteiger partial charge < -0.3 is 10.1 Å². The lowest BCUT2D eigenvalue weighted by atomic mass is 10.1. The van der Waals surface area contributed by atoms with Crippen LogP contribution in [-0.2, 0) is 6.54 Å². The second kappa shape index (κ2) is 8.50. The van der Waals surface area contributed by atoms with Crippen LogP contribution in [0.5, 0.6) is 5.75 Å². The number of nitrogens with one attached hydrogen (secondary N) is 1. The number of hydrogen-bond acceptors (Lipinski definition) is 3. The fourth-order valence-electron chi connectivity index (χ4n) is 2.88. The molecule has 4 heteroatoms. The molecule has 1 N–H and O–H groups in total. The van der Waals surface area contributed by atoms with Crippen molar-refractivity contribution in [3.8, 4) is 5.75 Å². The molecule has 1 atom stereocenters. The Balaban J connectivity index is 0.00000200. The summed E-state index contributed by atoms with van der Waals surface area (Å²) in [4.78, 5) is 2.59. The first-order valence-electron chi connectivity index (χ1n) is 7.33. The fourth-order valence-corrected chi connectivity index (χ4v) is 2.88. The molecule has 0 aromatic heterocycles. The molecule has 1 fully saturated rings. The van der Waals surface area contributed by atoms with E-state index in [9.17, 15) is 0 Å². The van der Waals surface area contributed by atoms with Crippen LogP contribution in [0.15, 0.2) is 18.2 Å². The Morgan fingerprint density at radius 3 is 2.80 bits per heavy atom. The molecule has 114 valence electrons. The van der Waals surface area contributed by atoms with Gasteiger partial charge in [0.05, 0.1) is 7.11 Å². The van der Waals surface area contributed by atoms with Crippen LogP contribution in [0.25, 0.3) is 0 Å². The van der Waals surface area contributed by atoms with Gasteiger partial charge in [-0.3, -0.25) is 4.90 Å². The van der Waals surface area contributed by atoms with Crippen molar-refractivity contribution in [1.29, 1.82) is 0 Å². The third kappa shape index (κ3) is 4.37. The monoisotopic (exact) mass is 298 g/mol. The molecule has 20 heavy (non-hydrogen) atoms. The highest BCUT2D eigenvalue weighted by molar-refractivity contribution is 5.85. The predicted octanol–water partition coefficient (Wildman–Crippen LogP) is 3.00. The van der Waals surface area contributed by atoms with Gasteiger partial charge in [-0.2, -0.15) is 0 Å². The van der Waals surface area contributed by atoms with Crippen LogP contribution in [0.1, 0.15) is 30.9 Å². The molecule has 1 unspecified atom stereocenters. The van der Waals surface area contributed by atoms with Crippen molar-refractivity contribution in [2.75, 3.05) is 26.7 Å². The van der Waals surface area contributed by atoms with Gasteiger partial charge in [0.15, 0.2) is 0 Å².